The van der Waals surface area contributed by atoms with E-state index in [1.165, 1.54) is 19.1 Å². The van der Waals surface area contributed by atoms with Crippen molar-refractivity contribution in [3.8, 4) is 0 Å². The first-order valence-electron chi connectivity index (χ1n) is 12.0. The normalized spacial score (nSPS) is 14.4. The summed E-state index contributed by atoms with van der Waals surface area (Å²) < 4.78 is 18.2. The molecule has 1 amide bonds. The first-order chi connectivity index (χ1) is 17.3. The highest BCUT2D eigenvalue weighted by Gasteiger charge is 2.26. The number of rotatable bonds is 5. The van der Waals surface area contributed by atoms with Crippen LogP contribution in [-0.4, -0.2) is 33.1 Å². The van der Waals surface area contributed by atoms with Crippen molar-refractivity contribution in [1.82, 2.24) is 14.1 Å². The molecule has 186 valence electrons. The lowest BCUT2D eigenvalue weighted by molar-refractivity contribution is -0.114. The molecule has 1 aliphatic rings. The number of nitrogens with one attached hydrogen (secondary N) is 2. The van der Waals surface area contributed by atoms with Gasteiger partial charge in [0.1, 0.15) is 5.82 Å². The third-order valence-corrected chi connectivity index (χ3v) is 7.08. The molecule has 1 saturated heterocycles. The molecule has 0 atom stereocenters. The van der Waals surface area contributed by atoms with Crippen LogP contribution < -0.4 is 15.8 Å². The molecule has 5 rings (SSSR count). The maximum atomic E-state index is 14.3. The molecule has 0 aliphatic carbocycles. The highest BCUT2D eigenvalue weighted by molar-refractivity contribution is 6.31. The van der Waals surface area contributed by atoms with Crippen LogP contribution in [0, 0.1) is 18.2 Å². The molecule has 9 heteroatoms. The van der Waals surface area contributed by atoms with Gasteiger partial charge in [0.25, 0.3) is 0 Å². The van der Waals surface area contributed by atoms with Crippen LogP contribution in [0.5, 0.6) is 0 Å². The summed E-state index contributed by atoms with van der Waals surface area (Å²) in [6.45, 7) is 5.25. The number of nitrogens with zero attached hydrogens (tertiary/aromatic N) is 4. The van der Waals surface area contributed by atoms with E-state index in [0.717, 1.165) is 35.4 Å². The summed E-state index contributed by atoms with van der Waals surface area (Å²) >= 11 is 6.41. The van der Waals surface area contributed by atoms with Gasteiger partial charge in [0, 0.05) is 36.8 Å². The Kier molecular flexibility index (Phi) is 6.53. The van der Waals surface area contributed by atoms with Crippen molar-refractivity contribution >= 4 is 40.0 Å². The second kappa shape index (κ2) is 9.78. The van der Waals surface area contributed by atoms with Gasteiger partial charge in [0.2, 0.25) is 11.5 Å². The Morgan fingerprint density at radius 2 is 1.89 bits per heavy atom. The van der Waals surface area contributed by atoms with Crippen molar-refractivity contribution in [2.24, 2.45) is 0 Å². The van der Waals surface area contributed by atoms with Crippen LogP contribution in [0.25, 0.3) is 11.0 Å². The molecule has 1 aliphatic heterocycles. The van der Waals surface area contributed by atoms with Gasteiger partial charge in [0.05, 0.1) is 23.3 Å². The molecule has 36 heavy (non-hydrogen) atoms. The Labute approximate surface area is 213 Å². The lowest BCUT2D eigenvalue weighted by atomic mass is 10.0. The number of anilines is 2. The maximum Gasteiger partial charge on any atom is 0.221 e. The third-order valence-electron chi connectivity index (χ3n) is 6.71. The predicted molar refractivity (Wildman–Crippen MR) is 140 cm³/mol. The van der Waals surface area contributed by atoms with Crippen molar-refractivity contribution in [3.05, 3.63) is 82.3 Å². The lowest BCUT2D eigenvalue weighted by Gasteiger charge is -2.34. The SMILES string of the molecule is CC(=O)Nc1ccc(C)nc1N1CCC(n2c(=N)n(Cc3ccccc3Cl)c3ccc(F)cc32)CC1. The monoisotopic (exact) mass is 506 g/mol. The van der Waals surface area contributed by atoms with Gasteiger partial charge in [-0.15, -0.1) is 0 Å². The summed E-state index contributed by atoms with van der Waals surface area (Å²) in [5.74, 6) is 0.291. The van der Waals surface area contributed by atoms with Crippen LogP contribution in [0.2, 0.25) is 5.02 Å². The predicted octanol–water partition coefficient (Wildman–Crippen LogP) is 5.27. The quantitative estimate of drug-likeness (QED) is 0.387. The molecule has 0 bridgehead atoms. The molecule has 0 radical (unpaired) electrons. The number of imidazole rings is 1. The average Bonchev–Trinajstić information content (AvgIpc) is 3.11. The standard InChI is InChI=1S/C27H28ClFN6O/c1-17-7-9-23(32-18(2)36)26(31-17)33-13-11-21(12-14-33)35-25-15-20(29)8-10-24(25)34(27(35)30)16-19-5-3-4-6-22(19)28/h3-10,15,21,30H,11-14,16H2,1-2H3,(H,32,36). The van der Waals surface area contributed by atoms with E-state index >= 15 is 0 Å². The second-order valence-corrected chi connectivity index (χ2v) is 9.63. The van der Waals surface area contributed by atoms with Crippen LogP contribution in [0.15, 0.2) is 54.6 Å². The van der Waals surface area contributed by atoms with Gasteiger partial charge in [-0.05, 0) is 61.7 Å². The largest absolute Gasteiger partial charge is 0.355 e. The average molecular weight is 507 g/mol. The van der Waals surface area contributed by atoms with Crippen molar-refractivity contribution in [2.45, 2.75) is 39.3 Å². The molecule has 1 fully saturated rings. The summed E-state index contributed by atoms with van der Waals surface area (Å²) in [5.41, 5.74) is 4.31. The zero-order valence-corrected chi connectivity index (χ0v) is 21.0. The van der Waals surface area contributed by atoms with Gasteiger partial charge >= 0.3 is 0 Å². The van der Waals surface area contributed by atoms with Gasteiger partial charge in [-0.1, -0.05) is 29.8 Å². The molecule has 0 unspecified atom stereocenters. The summed E-state index contributed by atoms with van der Waals surface area (Å²) in [6.07, 6.45) is 1.51. The number of carbonyl (C=O) groups excluding carboxylic acids is 1. The van der Waals surface area contributed by atoms with E-state index in [-0.39, 0.29) is 17.8 Å². The number of benzene rings is 2. The van der Waals surface area contributed by atoms with Crippen LogP contribution >= 0.6 is 11.6 Å². The number of carbonyl (C=O) groups is 1. The number of aryl methyl sites for hydroxylation is 1. The number of piperidine rings is 1. The zero-order chi connectivity index (χ0) is 25.4. The Morgan fingerprint density at radius 3 is 2.61 bits per heavy atom. The topological polar surface area (TPSA) is 78.9 Å². The summed E-state index contributed by atoms with van der Waals surface area (Å²) in [5, 5.41) is 12.6. The van der Waals surface area contributed by atoms with E-state index < -0.39 is 0 Å². The number of fused-ring (bicyclic) bond motifs is 1. The number of hydrogen-bond acceptors (Lipinski definition) is 4. The summed E-state index contributed by atoms with van der Waals surface area (Å²) in [4.78, 5) is 18.5. The molecular weight excluding hydrogens is 479 g/mol. The number of aromatic nitrogens is 3. The number of amides is 1. The number of hydrogen-bond donors (Lipinski definition) is 2. The fourth-order valence-electron chi connectivity index (χ4n) is 5.01. The minimum atomic E-state index is -0.326. The van der Waals surface area contributed by atoms with E-state index in [4.69, 9.17) is 17.0 Å². The minimum absolute atomic E-state index is 0.0274. The van der Waals surface area contributed by atoms with Crippen molar-refractivity contribution in [1.29, 1.82) is 5.41 Å². The van der Waals surface area contributed by atoms with Gasteiger partial charge in [-0.3, -0.25) is 10.2 Å². The molecule has 7 nitrogen and oxygen atoms in total. The first-order valence-corrected chi connectivity index (χ1v) is 12.4. The molecule has 2 aromatic heterocycles. The van der Waals surface area contributed by atoms with Gasteiger partial charge < -0.3 is 19.4 Å². The number of pyridine rings is 1. The highest BCUT2D eigenvalue weighted by Crippen LogP contribution is 2.32. The lowest BCUT2D eigenvalue weighted by Crippen LogP contribution is -2.38. The van der Waals surface area contributed by atoms with Crippen LogP contribution in [0.3, 0.4) is 0 Å². The van der Waals surface area contributed by atoms with Crippen LogP contribution in [-0.2, 0) is 11.3 Å². The fourth-order valence-corrected chi connectivity index (χ4v) is 5.21. The molecule has 3 heterocycles. The Hall–Kier alpha value is -3.65. The highest BCUT2D eigenvalue weighted by atomic mass is 35.5. The van der Waals surface area contributed by atoms with Crippen LogP contribution in [0.4, 0.5) is 15.9 Å². The van der Waals surface area contributed by atoms with E-state index in [1.54, 1.807) is 6.07 Å². The Balaban J connectivity index is 1.47. The molecule has 0 spiro atoms. The van der Waals surface area contributed by atoms with Crippen molar-refractivity contribution < 1.29 is 9.18 Å². The smallest absolute Gasteiger partial charge is 0.221 e. The van der Waals surface area contributed by atoms with Gasteiger partial charge in [-0.25, -0.2) is 9.37 Å². The third kappa shape index (κ3) is 4.60. The molecule has 0 saturated carbocycles. The van der Waals surface area contributed by atoms with Crippen LogP contribution in [0.1, 0.15) is 37.1 Å². The molecule has 2 N–H and O–H groups in total. The van der Waals surface area contributed by atoms with Gasteiger partial charge in [-0.2, -0.15) is 0 Å². The Morgan fingerprint density at radius 1 is 1.14 bits per heavy atom. The molecule has 2 aromatic carbocycles. The fraction of sp³-hybridized carbons (Fsp3) is 0.296. The van der Waals surface area contributed by atoms with Crippen molar-refractivity contribution in [2.75, 3.05) is 23.3 Å². The van der Waals surface area contributed by atoms with E-state index in [2.05, 4.69) is 15.2 Å². The number of halogens is 2. The zero-order valence-electron chi connectivity index (χ0n) is 20.3. The minimum Gasteiger partial charge on any atom is -0.355 e. The maximum absolute atomic E-state index is 14.3. The first kappa shape index (κ1) is 24.1. The molecule has 4 aromatic rings. The van der Waals surface area contributed by atoms with Gasteiger partial charge in [0.15, 0.2) is 5.82 Å². The Bertz CT molecular complexity index is 1500. The van der Waals surface area contributed by atoms with Crippen molar-refractivity contribution in [3.63, 3.8) is 0 Å². The summed E-state index contributed by atoms with van der Waals surface area (Å²) in [7, 11) is 0. The summed E-state index contributed by atoms with van der Waals surface area (Å²) in [6, 6.07) is 16.1. The van der Waals surface area contributed by atoms with E-state index in [1.807, 2.05) is 52.5 Å². The van der Waals surface area contributed by atoms with E-state index in [9.17, 15) is 9.18 Å². The molecular formula is C27H28ClFN6O. The second-order valence-electron chi connectivity index (χ2n) is 9.23. The van der Waals surface area contributed by atoms with E-state index in [0.29, 0.717) is 41.5 Å².